The average molecular weight is 211 g/mol. The lowest BCUT2D eigenvalue weighted by atomic mass is 9.92. The molecule has 1 N–H and O–H groups in total. The van der Waals surface area contributed by atoms with E-state index in [4.69, 9.17) is 4.74 Å². The van der Waals surface area contributed by atoms with Gasteiger partial charge in [-0.2, -0.15) is 0 Å². The summed E-state index contributed by atoms with van der Waals surface area (Å²) < 4.78 is 6.20. The van der Waals surface area contributed by atoms with Crippen molar-refractivity contribution in [2.45, 2.75) is 76.0 Å². The molecule has 0 bridgehead atoms. The van der Waals surface area contributed by atoms with E-state index < -0.39 is 0 Å². The van der Waals surface area contributed by atoms with Crippen molar-refractivity contribution in [1.29, 1.82) is 0 Å². The van der Waals surface area contributed by atoms with Crippen LogP contribution in [0.2, 0.25) is 0 Å². The van der Waals surface area contributed by atoms with Gasteiger partial charge < -0.3 is 10.1 Å². The molecule has 15 heavy (non-hydrogen) atoms. The highest BCUT2D eigenvalue weighted by Crippen LogP contribution is 2.28. The van der Waals surface area contributed by atoms with E-state index in [0.29, 0.717) is 18.2 Å². The van der Waals surface area contributed by atoms with Crippen molar-refractivity contribution in [2.75, 3.05) is 7.05 Å². The van der Waals surface area contributed by atoms with Gasteiger partial charge in [0.2, 0.25) is 0 Å². The molecule has 2 nitrogen and oxygen atoms in total. The number of hydrogen-bond acceptors (Lipinski definition) is 2. The normalized spacial score (nSPS) is 34.2. The molecule has 2 heteroatoms. The van der Waals surface area contributed by atoms with Gasteiger partial charge >= 0.3 is 0 Å². The highest BCUT2D eigenvalue weighted by atomic mass is 16.5. The molecule has 0 saturated heterocycles. The Balaban J connectivity index is 1.83. The largest absolute Gasteiger partial charge is 0.373 e. The van der Waals surface area contributed by atoms with E-state index in [1.54, 1.807) is 0 Å². The van der Waals surface area contributed by atoms with Gasteiger partial charge in [0.1, 0.15) is 0 Å². The van der Waals surface area contributed by atoms with E-state index in [-0.39, 0.29) is 0 Å². The van der Waals surface area contributed by atoms with Crippen LogP contribution in [0, 0.1) is 0 Å². The number of hydrogen-bond donors (Lipinski definition) is 1. The third kappa shape index (κ3) is 3.18. The minimum atomic E-state index is 0.487. The molecule has 0 radical (unpaired) electrons. The highest BCUT2D eigenvalue weighted by molar-refractivity contribution is 4.81. The van der Waals surface area contributed by atoms with Gasteiger partial charge in [-0.05, 0) is 39.2 Å². The molecule has 2 rings (SSSR count). The second-order valence-corrected chi connectivity index (χ2v) is 5.11. The summed E-state index contributed by atoms with van der Waals surface area (Å²) in [5, 5.41) is 3.45. The molecule has 2 unspecified atom stereocenters. The zero-order valence-electron chi connectivity index (χ0n) is 10.0. The van der Waals surface area contributed by atoms with Crippen LogP contribution in [0.25, 0.3) is 0 Å². The summed E-state index contributed by atoms with van der Waals surface area (Å²) in [7, 11) is 2.09. The van der Waals surface area contributed by atoms with Crippen LogP contribution in [0.4, 0.5) is 0 Å². The SMILES string of the molecule is CNC1CCCCCCC1OC1CCC1. The molecule has 0 aromatic rings. The van der Waals surface area contributed by atoms with Crippen LogP contribution in [0.5, 0.6) is 0 Å². The quantitative estimate of drug-likeness (QED) is 0.775. The molecule has 2 atom stereocenters. The first-order valence-corrected chi connectivity index (χ1v) is 6.73. The van der Waals surface area contributed by atoms with Gasteiger partial charge in [0.05, 0.1) is 12.2 Å². The van der Waals surface area contributed by atoms with Crippen LogP contribution >= 0.6 is 0 Å². The number of rotatable bonds is 3. The van der Waals surface area contributed by atoms with Gasteiger partial charge in [0.15, 0.2) is 0 Å². The Hall–Kier alpha value is -0.0800. The monoisotopic (exact) mass is 211 g/mol. The van der Waals surface area contributed by atoms with E-state index in [2.05, 4.69) is 12.4 Å². The molecular formula is C13H25NO. The summed E-state index contributed by atoms with van der Waals surface area (Å²) in [6.07, 6.45) is 13.2. The van der Waals surface area contributed by atoms with Crippen molar-refractivity contribution in [3.63, 3.8) is 0 Å². The Kier molecular flexibility index (Phi) is 4.45. The van der Waals surface area contributed by atoms with Crippen molar-refractivity contribution in [3.8, 4) is 0 Å². The molecule has 0 aliphatic heterocycles. The van der Waals surface area contributed by atoms with Gasteiger partial charge in [0, 0.05) is 6.04 Å². The first-order valence-electron chi connectivity index (χ1n) is 6.73. The predicted octanol–water partition coefficient (Wildman–Crippen LogP) is 2.87. The van der Waals surface area contributed by atoms with Gasteiger partial charge in [-0.15, -0.1) is 0 Å². The Morgan fingerprint density at radius 2 is 1.60 bits per heavy atom. The third-order valence-electron chi connectivity index (χ3n) is 3.99. The Bertz CT molecular complexity index is 179. The first kappa shape index (κ1) is 11.4. The van der Waals surface area contributed by atoms with Gasteiger partial charge in [0.25, 0.3) is 0 Å². The van der Waals surface area contributed by atoms with Gasteiger partial charge in [-0.3, -0.25) is 0 Å². The van der Waals surface area contributed by atoms with Crippen LogP contribution in [0.1, 0.15) is 57.8 Å². The average Bonchev–Trinajstić information content (AvgIpc) is 2.14. The van der Waals surface area contributed by atoms with Gasteiger partial charge in [-0.25, -0.2) is 0 Å². The molecule has 0 amide bonds. The van der Waals surface area contributed by atoms with Gasteiger partial charge in [-0.1, -0.05) is 25.7 Å². The molecule has 2 fully saturated rings. The molecule has 2 saturated carbocycles. The van der Waals surface area contributed by atoms with Crippen molar-refractivity contribution >= 4 is 0 Å². The number of ether oxygens (including phenoxy) is 1. The zero-order chi connectivity index (χ0) is 10.5. The van der Waals surface area contributed by atoms with E-state index in [0.717, 1.165) is 0 Å². The topological polar surface area (TPSA) is 21.3 Å². The fraction of sp³-hybridized carbons (Fsp3) is 1.00. The lowest BCUT2D eigenvalue weighted by molar-refractivity contribution is -0.0720. The van der Waals surface area contributed by atoms with E-state index in [9.17, 15) is 0 Å². The molecule has 0 aromatic carbocycles. The van der Waals surface area contributed by atoms with Crippen molar-refractivity contribution in [2.24, 2.45) is 0 Å². The van der Waals surface area contributed by atoms with E-state index >= 15 is 0 Å². The van der Waals surface area contributed by atoms with Crippen molar-refractivity contribution < 1.29 is 4.74 Å². The summed E-state index contributed by atoms with van der Waals surface area (Å²) in [4.78, 5) is 0. The van der Waals surface area contributed by atoms with Crippen LogP contribution in [0.15, 0.2) is 0 Å². The third-order valence-corrected chi connectivity index (χ3v) is 3.99. The lowest BCUT2D eigenvalue weighted by Gasteiger charge is -2.35. The Morgan fingerprint density at radius 3 is 2.20 bits per heavy atom. The van der Waals surface area contributed by atoms with Crippen LogP contribution in [-0.2, 0) is 4.74 Å². The zero-order valence-corrected chi connectivity index (χ0v) is 10.0. The summed E-state index contributed by atoms with van der Waals surface area (Å²) >= 11 is 0. The van der Waals surface area contributed by atoms with Crippen molar-refractivity contribution in [1.82, 2.24) is 5.32 Å². The maximum atomic E-state index is 6.20. The fourth-order valence-electron chi connectivity index (χ4n) is 2.70. The number of nitrogens with one attached hydrogen (secondary N) is 1. The van der Waals surface area contributed by atoms with Crippen LogP contribution in [0.3, 0.4) is 0 Å². The molecule has 2 aliphatic carbocycles. The maximum absolute atomic E-state index is 6.20. The Morgan fingerprint density at radius 1 is 0.867 bits per heavy atom. The first-order chi connectivity index (χ1) is 7.40. The molecule has 0 aromatic heterocycles. The standard InChI is InChI=1S/C13H25NO/c1-14-12-9-4-2-3-5-10-13(12)15-11-7-6-8-11/h11-14H,2-10H2,1H3. The highest BCUT2D eigenvalue weighted by Gasteiger charge is 2.27. The minimum absolute atomic E-state index is 0.487. The smallest absolute Gasteiger partial charge is 0.0731 e. The second kappa shape index (κ2) is 5.86. The molecular weight excluding hydrogens is 186 g/mol. The van der Waals surface area contributed by atoms with Crippen LogP contribution in [-0.4, -0.2) is 25.3 Å². The lowest BCUT2D eigenvalue weighted by Crippen LogP contribution is -2.43. The molecule has 88 valence electrons. The minimum Gasteiger partial charge on any atom is -0.373 e. The summed E-state index contributed by atoms with van der Waals surface area (Å²) in [6.45, 7) is 0. The summed E-state index contributed by atoms with van der Waals surface area (Å²) in [5.41, 5.74) is 0. The molecule has 2 aliphatic rings. The van der Waals surface area contributed by atoms with E-state index in [1.165, 1.54) is 57.8 Å². The number of likely N-dealkylation sites (N-methyl/N-ethyl adjacent to an activating group) is 1. The van der Waals surface area contributed by atoms with Crippen molar-refractivity contribution in [3.05, 3.63) is 0 Å². The summed E-state index contributed by atoms with van der Waals surface area (Å²) in [6, 6.07) is 0.603. The van der Waals surface area contributed by atoms with Crippen LogP contribution < -0.4 is 5.32 Å². The Labute approximate surface area is 93.8 Å². The fourth-order valence-corrected chi connectivity index (χ4v) is 2.70. The summed E-state index contributed by atoms with van der Waals surface area (Å²) in [5.74, 6) is 0. The van der Waals surface area contributed by atoms with E-state index in [1.807, 2.05) is 0 Å². The molecule has 0 spiro atoms. The predicted molar refractivity (Wildman–Crippen MR) is 63.1 cm³/mol. The second-order valence-electron chi connectivity index (χ2n) is 5.11. The maximum Gasteiger partial charge on any atom is 0.0731 e. The molecule has 0 heterocycles.